The fraction of sp³-hybridized carbons (Fsp3) is 0.296. The zero-order chi connectivity index (χ0) is 21.2. The minimum atomic E-state index is 0.110. The summed E-state index contributed by atoms with van der Waals surface area (Å²) in [4.78, 5) is 2.21. The molecule has 0 heterocycles. The number of rotatable bonds is 3. The van der Waals surface area contributed by atoms with Crippen LogP contribution in [0.5, 0.6) is 0 Å². The summed E-state index contributed by atoms with van der Waals surface area (Å²) in [5.74, 6) is 0. The smallest absolute Gasteiger partial charge is 0.0992 e. The van der Waals surface area contributed by atoms with E-state index in [0.717, 1.165) is 17.1 Å². The summed E-state index contributed by atoms with van der Waals surface area (Å²) in [6.07, 6.45) is 0. The van der Waals surface area contributed by atoms with Crippen LogP contribution >= 0.6 is 0 Å². The molecule has 3 aromatic rings. The first-order valence-electron chi connectivity index (χ1n) is 10.1. The number of benzene rings is 3. The Labute approximate surface area is 175 Å². The Morgan fingerprint density at radius 2 is 1.07 bits per heavy atom. The number of hydrogen-bond donors (Lipinski definition) is 0. The van der Waals surface area contributed by atoms with Gasteiger partial charge in [-0.2, -0.15) is 5.26 Å². The number of hydrogen-bond acceptors (Lipinski definition) is 2. The third-order valence-electron chi connectivity index (χ3n) is 5.22. The van der Waals surface area contributed by atoms with Gasteiger partial charge < -0.3 is 4.90 Å². The van der Waals surface area contributed by atoms with Gasteiger partial charge in [0.2, 0.25) is 0 Å². The number of nitriles is 1. The monoisotopic (exact) mass is 382 g/mol. The van der Waals surface area contributed by atoms with Crippen LogP contribution in [0.4, 0.5) is 17.1 Å². The van der Waals surface area contributed by atoms with Gasteiger partial charge in [0.1, 0.15) is 0 Å². The fourth-order valence-electron chi connectivity index (χ4n) is 3.38. The second-order valence-electron chi connectivity index (χ2n) is 9.59. The van der Waals surface area contributed by atoms with E-state index in [9.17, 15) is 5.26 Å². The molecule has 2 heteroatoms. The van der Waals surface area contributed by atoms with Crippen LogP contribution in [0.25, 0.3) is 0 Å². The summed E-state index contributed by atoms with van der Waals surface area (Å²) in [5.41, 5.74) is 6.62. The molecular formula is C27H30N2. The normalized spacial score (nSPS) is 11.8. The molecule has 0 amide bonds. The predicted molar refractivity (Wildman–Crippen MR) is 123 cm³/mol. The molecular weight excluding hydrogens is 352 g/mol. The second-order valence-corrected chi connectivity index (χ2v) is 9.59. The van der Waals surface area contributed by atoms with Gasteiger partial charge in [0.25, 0.3) is 0 Å². The standard InChI is InChI=1S/C27H30N2/c1-26(2,3)21-10-14-23(15-11-21)29(25-9-7-8-20(18-25)19-28)24-16-12-22(13-17-24)27(4,5)6/h7-18H,1-6H3. The van der Waals surface area contributed by atoms with Gasteiger partial charge in [-0.05, 0) is 64.4 Å². The van der Waals surface area contributed by atoms with Crippen molar-refractivity contribution in [1.82, 2.24) is 0 Å². The molecule has 3 aromatic carbocycles. The lowest BCUT2D eigenvalue weighted by Gasteiger charge is -2.28. The molecule has 0 atom stereocenters. The lowest BCUT2D eigenvalue weighted by Crippen LogP contribution is -2.14. The van der Waals surface area contributed by atoms with E-state index in [1.165, 1.54) is 11.1 Å². The minimum Gasteiger partial charge on any atom is -0.310 e. The molecule has 29 heavy (non-hydrogen) atoms. The van der Waals surface area contributed by atoms with Crippen LogP contribution in [0.15, 0.2) is 72.8 Å². The van der Waals surface area contributed by atoms with Crippen molar-refractivity contribution in [2.75, 3.05) is 4.90 Å². The van der Waals surface area contributed by atoms with E-state index < -0.39 is 0 Å². The van der Waals surface area contributed by atoms with Crippen LogP contribution in [-0.4, -0.2) is 0 Å². The van der Waals surface area contributed by atoms with E-state index in [1.807, 2.05) is 18.2 Å². The van der Waals surface area contributed by atoms with E-state index >= 15 is 0 Å². The number of nitrogens with zero attached hydrogens (tertiary/aromatic N) is 2. The van der Waals surface area contributed by atoms with Gasteiger partial charge in [0.15, 0.2) is 0 Å². The first kappa shape index (κ1) is 20.7. The molecule has 0 aliphatic rings. The minimum absolute atomic E-state index is 0.110. The van der Waals surface area contributed by atoms with Gasteiger partial charge >= 0.3 is 0 Å². The third-order valence-corrected chi connectivity index (χ3v) is 5.22. The maximum absolute atomic E-state index is 9.37. The van der Waals surface area contributed by atoms with E-state index in [2.05, 4.69) is 107 Å². The topological polar surface area (TPSA) is 27.0 Å². The lowest BCUT2D eigenvalue weighted by atomic mass is 9.86. The molecule has 0 fully saturated rings. The summed E-state index contributed by atoms with van der Waals surface area (Å²) < 4.78 is 0. The molecule has 0 saturated heterocycles. The van der Waals surface area contributed by atoms with E-state index in [1.54, 1.807) is 0 Å². The maximum Gasteiger partial charge on any atom is 0.0992 e. The van der Waals surface area contributed by atoms with Crippen LogP contribution in [-0.2, 0) is 10.8 Å². The van der Waals surface area contributed by atoms with Gasteiger partial charge in [-0.15, -0.1) is 0 Å². The highest BCUT2D eigenvalue weighted by molar-refractivity contribution is 5.77. The van der Waals surface area contributed by atoms with E-state index in [0.29, 0.717) is 5.56 Å². The second kappa shape index (κ2) is 7.76. The first-order chi connectivity index (χ1) is 13.6. The molecule has 0 aromatic heterocycles. The van der Waals surface area contributed by atoms with Crippen molar-refractivity contribution >= 4 is 17.1 Å². The van der Waals surface area contributed by atoms with Crippen LogP contribution in [0.1, 0.15) is 58.2 Å². The summed E-state index contributed by atoms with van der Waals surface area (Å²) >= 11 is 0. The summed E-state index contributed by atoms with van der Waals surface area (Å²) in [5, 5.41) is 9.37. The highest BCUT2D eigenvalue weighted by Crippen LogP contribution is 2.37. The SMILES string of the molecule is CC(C)(C)c1ccc(N(c2ccc(C(C)(C)C)cc2)c2cccc(C#N)c2)cc1. The van der Waals surface area contributed by atoms with Crippen molar-refractivity contribution in [2.24, 2.45) is 0 Å². The van der Waals surface area contributed by atoms with Gasteiger partial charge in [-0.1, -0.05) is 71.9 Å². The van der Waals surface area contributed by atoms with Crippen molar-refractivity contribution in [3.63, 3.8) is 0 Å². The predicted octanol–water partition coefficient (Wildman–Crippen LogP) is 7.62. The highest BCUT2D eigenvalue weighted by atomic mass is 15.1. The van der Waals surface area contributed by atoms with Crippen molar-refractivity contribution in [2.45, 2.75) is 52.4 Å². The Hall–Kier alpha value is -3.05. The van der Waals surface area contributed by atoms with Crippen LogP contribution < -0.4 is 4.90 Å². The van der Waals surface area contributed by atoms with Crippen molar-refractivity contribution in [3.8, 4) is 6.07 Å². The Bertz CT molecular complexity index is 951. The summed E-state index contributed by atoms with van der Waals surface area (Å²) in [7, 11) is 0. The van der Waals surface area contributed by atoms with Gasteiger partial charge in [-0.3, -0.25) is 0 Å². The van der Waals surface area contributed by atoms with Gasteiger partial charge in [0, 0.05) is 17.1 Å². The maximum atomic E-state index is 9.37. The van der Waals surface area contributed by atoms with Crippen molar-refractivity contribution < 1.29 is 0 Å². The van der Waals surface area contributed by atoms with Crippen LogP contribution in [0.2, 0.25) is 0 Å². The average molecular weight is 383 g/mol. The lowest BCUT2D eigenvalue weighted by molar-refractivity contribution is 0.590. The quantitative estimate of drug-likeness (QED) is 0.466. The molecule has 0 N–H and O–H groups in total. The van der Waals surface area contributed by atoms with Gasteiger partial charge in [0.05, 0.1) is 11.6 Å². The molecule has 2 nitrogen and oxygen atoms in total. The van der Waals surface area contributed by atoms with Crippen molar-refractivity contribution in [3.05, 3.63) is 89.5 Å². The Morgan fingerprint density at radius 3 is 1.45 bits per heavy atom. The Kier molecular flexibility index (Phi) is 5.53. The number of anilines is 3. The Morgan fingerprint density at radius 1 is 0.621 bits per heavy atom. The molecule has 0 aliphatic carbocycles. The average Bonchev–Trinajstić information content (AvgIpc) is 2.68. The molecule has 0 unspecified atom stereocenters. The van der Waals surface area contributed by atoms with Crippen molar-refractivity contribution in [1.29, 1.82) is 5.26 Å². The first-order valence-corrected chi connectivity index (χ1v) is 10.1. The zero-order valence-corrected chi connectivity index (χ0v) is 18.3. The molecule has 0 spiro atoms. The highest BCUT2D eigenvalue weighted by Gasteiger charge is 2.18. The third kappa shape index (κ3) is 4.69. The molecule has 3 rings (SSSR count). The zero-order valence-electron chi connectivity index (χ0n) is 18.3. The van der Waals surface area contributed by atoms with E-state index in [4.69, 9.17) is 0 Å². The van der Waals surface area contributed by atoms with E-state index in [-0.39, 0.29) is 10.8 Å². The Balaban J connectivity index is 2.11. The van der Waals surface area contributed by atoms with Crippen LogP contribution in [0.3, 0.4) is 0 Å². The largest absolute Gasteiger partial charge is 0.310 e. The molecule has 0 radical (unpaired) electrons. The molecule has 0 aliphatic heterocycles. The molecule has 0 bridgehead atoms. The molecule has 0 saturated carbocycles. The van der Waals surface area contributed by atoms with Crippen LogP contribution in [0, 0.1) is 11.3 Å². The summed E-state index contributed by atoms with van der Waals surface area (Å²) in [6.45, 7) is 13.3. The summed E-state index contributed by atoms with van der Waals surface area (Å²) in [6, 6.07) is 27.5. The fourth-order valence-corrected chi connectivity index (χ4v) is 3.38. The van der Waals surface area contributed by atoms with Gasteiger partial charge in [-0.25, -0.2) is 0 Å². The molecule has 148 valence electrons.